The summed E-state index contributed by atoms with van der Waals surface area (Å²) < 4.78 is 0. The third kappa shape index (κ3) is 2.80. The van der Waals surface area contributed by atoms with Crippen molar-refractivity contribution in [2.75, 3.05) is 0 Å². The molecule has 68 valence electrons. The van der Waals surface area contributed by atoms with Gasteiger partial charge in [0.25, 0.3) is 0 Å². The Kier molecular flexibility index (Phi) is 3.51. The molecule has 0 aromatic rings. The Morgan fingerprint density at radius 2 is 2.25 bits per heavy atom. The quantitative estimate of drug-likeness (QED) is 0.455. The Morgan fingerprint density at radius 3 is 2.92 bits per heavy atom. The van der Waals surface area contributed by atoms with E-state index >= 15 is 0 Å². The van der Waals surface area contributed by atoms with Gasteiger partial charge in [0.15, 0.2) is 0 Å². The number of ketones is 1. The average molecular weight is 166 g/mol. The van der Waals surface area contributed by atoms with Gasteiger partial charge >= 0.3 is 0 Å². The van der Waals surface area contributed by atoms with Gasteiger partial charge in [0.05, 0.1) is 0 Å². The van der Waals surface area contributed by atoms with Crippen LogP contribution in [0.3, 0.4) is 0 Å². The molecule has 0 spiro atoms. The summed E-state index contributed by atoms with van der Waals surface area (Å²) >= 11 is 0. The zero-order valence-electron chi connectivity index (χ0n) is 7.88. The van der Waals surface area contributed by atoms with Crippen LogP contribution in [0.25, 0.3) is 0 Å². The summed E-state index contributed by atoms with van der Waals surface area (Å²) in [7, 11) is 0. The lowest BCUT2D eigenvalue weighted by atomic mass is 9.96. The van der Waals surface area contributed by atoms with Crippen LogP contribution >= 0.6 is 0 Å². The number of Topliss-reactive ketones (excluding diaryl/α,β-unsaturated/α-hetero) is 1. The van der Waals surface area contributed by atoms with Crippen molar-refractivity contribution in [1.29, 1.82) is 0 Å². The molecule has 0 bridgehead atoms. The average Bonchev–Trinajstić information content (AvgIpc) is 2.13. The number of allylic oxidation sites excluding steroid dienone is 1. The zero-order valence-corrected chi connectivity index (χ0v) is 7.88. The highest BCUT2D eigenvalue weighted by atomic mass is 16.1. The third-order valence-corrected chi connectivity index (χ3v) is 2.66. The van der Waals surface area contributed by atoms with Crippen molar-refractivity contribution in [3.63, 3.8) is 0 Å². The Balaban J connectivity index is 2.46. The van der Waals surface area contributed by atoms with E-state index in [4.69, 9.17) is 0 Å². The summed E-state index contributed by atoms with van der Waals surface area (Å²) in [5.74, 6) is 1.64. The molecule has 1 heteroatoms. The summed E-state index contributed by atoms with van der Waals surface area (Å²) in [5, 5.41) is 0. The van der Waals surface area contributed by atoms with E-state index < -0.39 is 0 Å². The van der Waals surface area contributed by atoms with Gasteiger partial charge in [0.1, 0.15) is 5.78 Å². The van der Waals surface area contributed by atoms with Crippen LogP contribution in [-0.2, 0) is 4.79 Å². The molecule has 0 saturated heterocycles. The van der Waals surface area contributed by atoms with Gasteiger partial charge in [-0.15, -0.1) is 6.58 Å². The van der Waals surface area contributed by atoms with E-state index in [0.29, 0.717) is 17.6 Å². The van der Waals surface area contributed by atoms with Gasteiger partial charge in [-0.3, -0.25) is 4.79 Å². The van der Waals surface area contributed by atoms with Crippen LogP contribution in [0, 0.1) is 11.8 Å². The molecule has 0 aromatic heterocycles. The highest BCUT2D eigenvalue weighted by Crippen LogP contribution is 2.26. The molecular formula is C11H18O. The number of hydrogen-bond acceptors (Lipinski definition) is 1. The fourth-order valence-corrected chi connectivity index (χ4v) is 1.96. The van der Waals surface area contributed by atoms with Crippen molar-refractivity contribution in [1.82, 2.24) is 0 Å². The van der Waals surface area contributed by atoms with Gasteiger partial charge < -0.3 is 0 Å². The number of carbonyl (C=O) groups excluding carboxylic acids is 1. The van der Waals surface area contributed by atoms with Crippen LogP contribution in [0.5, 0.6) is 0 Å². The van der Waals surface area contributed by atoms with Crippen LogP contribution < -0.4 is 0 Å². The first kappa shape index (κ1) is 9.50. The molecule has 0 N–H and O–H groups in total. The SMILES string of the molecule is C=CCC1CCC(C)CC(=O)C1. The fraction of sp³-hybridized carbons (Fsp3) is 0.727. The van der Waals surface area contributed by atoms with Crippen LogP contribution in [0.15, 0.2) is 12.7 Å². The van der Waals surface area contributed by atoms with E-state index in [1.165, 1.54) is 12.8 Å². The van der Waals surface area contributed by atoms with Crippen molar-refractivity contribution in [2.45, 2.75) is 39.0 Å². The molecule has 1 aliphatic carbocycles. The van der Waals surface area contributed by atoms with Crippen molar-refractivity contribution in [3.8, 4) is 0 Å². The molecule has 2 unspecified atom stereocenters. The van der Waals surface area contributed by atoms with Crippen LogP contribution in [0.4, 0.5) is 0 Å². The molecule has 0 radical (unpaired) electrons. The summed E-state index contributed by atoms with van der Waals surface area (Å²) in [6.07, 6.45) is 6.96. The van der Waals surface area contributed by atoms with Gasteiger partial charge in [-0.25, -0.2) is 0 Å². The molecule has 0 heterocycles. The molecular weight excluding hydrogens is 148 g/mol. The van der Waals surface area contributed by atoms with Crippen molar-refractivity contribution in [3.05, 3.63) is 12.7 Å². The van der Waals surface area contributed by atoms with Crippen molar-refractivity contribution < 1.29 is 4.79 Å². The monoisotopic (exact) mass is 166 g/mol. The van der Waals surface area contributed by atoms with E-state index in [0.717, 1.165) is 19.3 Å². The summed E-state index contributed by atoms with van der Waals surface area (Å²) in [5.41, 5.74) is 0. The van der Waals surface area contributed by atoms with E-state index in [-0.39, 0.29) is 0 Å². The third-order valence-electron chi connectivity index (χ3n) is 2.66. The van der Waals surface area contributed by atoms with Gasteiger partial charge in [0, 0.05) is 12.8 Å². The first-order chi connectivity index (χ1) is 5.72. The maximum atomic E-state index is 11.3. The van der Waals surface area contributed by atoms with Crippen LogP contribution in [0.2, 0.25) is 0 Å². The summed E-state index contributed by atoms with van der Waals surface area (Å²) in [6, 6.07) is 0. The Bertz CT molecular complexity index is 172. The second kappa shape index (κ2) is 4.44. The van der Waals surface area contributed by atoms with Gasteiger partial charge in [-0.1, -0.05) is 19.4 Å². The number of rotatable bonds is 2. The molecule has 12 heavy (non-hydrogen) atoms. The van der Waals surface area contributed by atoms with E-state index in [2.05, 4.69) is 13.5 Å². The lowest BCUT2D eigenvalue weighted by molar-refractivity contribution is -0.120. The van der Waals surface area contributed by atoms with E-state index in [1.807, 2.05) is 6.08 Å². The summed E-state index contributed by atoms with van der Waals surface area (Å²) in [6.45, 7) is 5.89. The van der Waals surface area contributed by atoms with E-state index in [1.54, 1.807) is 0 Å². The number of hydrogen-bond donors (Lipinski definition) is 0. The van der Waals surface area contributed by atoms with Gasteiger partial charge in [-0.2, -0.15) is 0 Å². The first-order valence-electron chi connectivity index (χ1n) is 4.85. The Labute approximate surface area is 74.9 Å². The highest BCUT2D eigenvalue weighted by Gasteiger charge is 2.20. The van der Waals surface area contributed by atoms with Gasteiger partial charge in [0.2, 0.25) is 0 Å². The molecule has 0 aliphatic heterocycles. The lowest BCUT2D eigenvalue weighted by Gasteiger charge is -2.09. The molecule has 2 atom stereocenters. The maximum Gasteiger partial charge on any atom is 0.133 e. The van der Waals surface area contributed by atoms with Crippen LogP contribution in [0.1, 0.15) is 39.0 Å². The second-order valence-electron chi connectivity index (χ2n) is 4.02. The molecule has 1 rings (SSSR count). The largest absolute Gasteiger partial charge is 0.300 e. The molecule has 0 aromatic carbocycles. The smallest absolute Gasteiger partial charge is 0.133 e. The van der Waals surface area contributed by atoms with Crippen LogP contribution in [-0.4, -0.2) is 5.78 Å². The highest BCUT2D eigenvalue weighted by molar-refractivity contribution is 5.79. The second-order valence-corrected chi connectivity index (χ2v) is 4.02. The van der Waals surface area contributed by atoms with Crippen molar-refractivity contribution in [2.24, 2.45) is 11.8 Å². The molecule has 1 aliphatic rings. The topological polar surface area (TPSA) is 17.1 Å². The standard InChI is InChI=1S/C11H18O/c1-3-4-10-6-5-9(2)7-11(12)8-10/h3,9-10H,1,4-8H2,2H3. The predicted octanol–water partition coefficient (Wildman–Crippen LogP) is 2.96. The molecule has 1 fully saturated rings. The zero-order chi connectivity index (χ0) is 8.97. The fourth-order valence-electron chi connectivity index (χ4n) is 1.96. The van der Waals surface area contributed by atoms with Gasteiger partial charge in [-0.05, 0) is 24.7 Å². The molecule has 1 saturated carbocycles. The minimum Gasteiger partial charge on any atom is -0.300 e. The lowest BCUT2D eigenvalue weighted by Crippen LogP contribution is -2.04. The first-order valence-corrected chi connectivity index (χ1v) is 4.85. The Morgan fingerprint density at radius 1 is 1.50 bits per heavy atom. The molecule has 1 nitrogen and oxygen atoms in total. The predicted molar refractivity (Wildman–Crippen MR) is 50.9 cm³/mol. The van der Waals surface area contributed by atoms with Crippen molar-refractivity contribution >= 4 is 5.78 Å². The maximum absolute atomic E-state index is 11.3. The normalized spacial score (nSPS) is 31.2. The minimum absolute atomic E-state index is 0.451. The minimum atomic E-state index is 0.451. The molecule has 0 amide bonds. The Hall–Kier alpha value is -0.590. The summed E-state index contributed by atoms with van der Waals surface area (Å²) in [4.78, 5) is 11.3. The van der Waals surface area contributed by atoms with E-state index in [9.17, 15) is 4.79 Å². The number of carbonyl (C=O) groups is 1.